The predicted molar refractivity (Wildman–Crippen MR) is 133 cm³/mol. The van der Waals surface area contributed by atoms with Crippen molar-refractivity contribution in [2.75, 3.05) is 31.8 Å². The van der Waals surface area contributed by atoms with Crippen LogP contribution in [0, 0.1) is 0 Å². The maximum Gasteiger partial charge on any atom is 0.243 e. The fraction of sp³-hybridized carbons (Fsp3) is 0.238. The Balaban J connectivity index is 1.80. The Morgan fingerprint density at radius 3 is 2.72 bits per heavy atom. The molecule has 0 radical (unpaired) electrons. The van der Waals surface area contributed by atoms with E-state index in [1.807, 2.05) is 0 Å². The molecule has 0 spiro atoms. The van der Waals surface area contributed by atoms with Gasteiger partial charge < -0.3 is 19.3 Å². The molecule has 4 rings (SSSR count). The first-order valence-corrected chi connectivity index (χ1v) is 12.9. The number of ether oxygens (including phenoxy) is 3. The zero-order chi connectivity index (χ0) is 25.9. The minimum Gasteiger partial charge on any atom is -0.506 e. The van der Waals surface area contributed by atoms with Crippen LogP contribution in [0.25, 0.3) is 11.4 Å². The number of sulfonamides is 1. The fourth-order valence-corrected chi connectivity index (χ4v) is 5.50. The monoisotopic (exact) mass is 550 g/mol. The average Bonchev–Trinajstić information content (AvgIpc) is 3.48. The van der Waals surface area contributed by atoms with Crippen LogP contribution in [0.2, 0.25) is 4.34 Å². The van der Waals surface area contributed by atoms with Crippen LogP contribution in [0.4, 0.5) is 5.95 Å². The number of nitrogens with zero attached hydrogens (tertiary/aromatic N) is 5. The van der Waals surface area contributed by atoms with Gasteiger partial charge in [-0.2, -0.15) is 0 Å². The van der Waals surface area contributed by atoms with Crippen LogP contribution >= 0.6 is 22.9 Å². The number of methoxy groups -OCH3 is 3. The summed E-state index contributed by atoms with van der Waals surface area (Å²) in [5, 5.41) is 19.2. The zero-order valence-corrected chi connectivity index (χ0v) is 21.5. The second kappa shape index (κ2) is 10.5. The molecular formula is C21H19ClN6O6S2. The second-order valence-electron chi connectivity index (χ2n) is 7.04. The van der Waals surface area contributed by atoms with Crippen molar-refractivity contribution in [2.45, 2.75) is 6.10 Å². The van der Waals surface area contributed by atoms with Gasteiger partial charge in [-0.3, -0.25) is 9.29 Å². The largest absolute Gasteiger partial charge is 0.506 e. The fourth-order valence-electron chi connectivity index (χ4n) is 3.20. The van der Waals surface area contributed by atoms with Crippen LogP contribution in [0.3, 0.4) is 0 Å². The number of nitrogens with one attached hydrogen (secondary N) is 1. The summed E-state index contributed by atoms with van der Waals surface area (Å²) >= 11 is 7.04. The number of phenols is 1. The van der Waals surface area contributed by atoms with Crippen LogP contribution in [-0.4, -0.2) is 66.3 Å². The number of rotatable bonds is 9. The third kappa shape index (κ3) is 5.29. The lowest BCUT2D eigenvalue weighted by Gasteiger charge is -2.17. The number of benzene rings is 1. The molecule has 1 aliphatic heterocycles. The maximum absolute atomic E-state index is 13.1. The topological polar surface area (TPSA) is 150 Å². The third-order valence-electron chi connectivity index (χ3n) is 4.79. The van der Waals surface area contributed by atoms with E-state index in [0.717, 1.165) is 11.3 Å². The lowest BCUT2D eigenvalue weighted by Crippen LogP contribution is -2.24. The summed E-state index contributed by atoms with van der Waals surface area (Å²) in [6.45, 7) is 0. The van der Waals surface area contributed by atoms with Crippen molar-refractivity contribution in [1.29, 1.82) is 0 Å². The molecule has 0 bridgehead atoms. The molecule has 3 heterocycles. The number of para-hydroxylation sites is 1. The number of aliphatic imine (C=N–C) groups is 1. The van der Waals surface area contributed by atoms with E-state index in [4.69, 9.17) is 25.8 Å². The highest BCUT2D eigenvalue weighted by molar-refractivity contribution is 7.92. The number of anilines is 1. The van der Waals surface area contributed by atoms with Gasteiger partial charge in [0.05, 0.1) is 26.5 Å². The van der Waals surface area contributed by atoms with Crippen molar-refractivity contribution in [3.05, 3.63) is 57.1 Å². The summed E-state index contributed by atoms with van der Waals surface area (Å²) in [7, 11) is 0.105. The number of aromatic nitrogens is 4. The van der Waals surface area contributed by atoms with Crippen molar-refractivity contribution in [1.82, 2.24) is 19.7 Å². The molecule has 12 nitrogen and oxygen atoms in total. The summed E-state index contributed by atoms with van der Waals surface area (Å²) in [6.07, 6.45) is 1.98. The molecule has 0 saturated carbocycles. The van der Waals surface area contributed by atoms with E-state index < -0.39 is 21.9 Å². The Morgan fingerprint density at radius 1 is 1.25 bits per heavy atom. The first kappa shape index (κ1) is 25.5. The maximum atomic E-state index is 13.1. The lowest BCUT2D eigenvalue weighted by molar-refractivity contribution is 0.121. The minimum atomic E-state index is -4.09. The van der Waals surface area contributed by atoms with Gasteiger partial charge in [0.2, 0.25) is 21.9 Å². The van der Waals surface area contributed by atoms with Gasteiger partial charge in [0.1, 0.15) is 38.4 Å². The standard InChI is InChI=1S/C21H19ClN6O6S2/c1-32-14-8-5-7-13(29)18(14)28-19(12-6-4-9-17(24-12)34-3)25-26-21(28)27-36(30,31)11-15(33-2)20-23-10-16(22)35-20/h5,7-10,15,29H,11H2,1-3H3,(H,26,27)/t15-/m0/s1. The summed E-state index contributed by atoms with van der Waals surface area (Å²) in [6, 6.07) is 4.55. The summed E-state index contributed by atoms with van der Waals surface area (Å²) < 4.78 is 46.2. The van der Waals surface area contributed by atoms with Gasteiger partial charge >= 0.3 is 0 Å². The average molecular weight is 551 g/mol. The highest BCUT2D eigenvalue weighted by atomic mass is 35.5. The van der Waals surface area contributed by atoms with E-state index in [1.54, 1.807) is 12.1 Å². The van der Waals surface area contributed by atoms with E-state index in [2.05, 4.69) is 36.4 Å². The van der Waals surface area contributed by atoms with Crippen LogP contribution in [0.1, 0.15) is 16.9 Å². The first-order chi connectivity index (χ1) is 17.3. The normalized spacial score (nSPS) is 13.8. The third-order valence-corrected chi connectivity index (χ3v) is 7.23. The number of hydrogen-bond donors (Lipinski definition) is 2. The molecule has 36 heavy (non-hydrogen) atoms. The Morgan fingerprint density at radius 2 is 2.06 bits per heavy atom. The van der Waals surface area contributed by atoms with Crippen LogP contribution < -0.4 is 9.46 Å². The molecule has 0 fully saturated rings. The van der Waals surface area contributed by atoms with Crippen molar-refractivity contribution < 1.29 is 27.7 Å². The number of halogens is 1. The number of thiazole rings is 1. The van der Waals surface area contributed by atoms with Crippen LogP contribution in [0.15, 0.2) is 46.9 Å². The molecule has 0 amide bonds. The van der Waals surface area contributed by atoms with Crippen molar-refractivity contribution >= 4 is 50.5 Å². The molecule has 0 aliphatic carbocycles. The van der Waals surface area contributed by atoms with Gasteiger partial charge in [-0.25, -0.2) is 18.4 Å². The number of aromatic hydroxyl groups is 1. The highest BCUT2D eigenvalue weighted by Gasteiger charge is 2.29. The Labute approximate surface area is 214 Å². The molecular weight excluding hydrogens is 532 g/mol. The van der Waals surface area contributed by atoms with Crippen molar-refractivity contribution in [3.8, 4) is 17.2 Å². The quantitative estimate of drug-likeness (QED) is 0.383. The van der Waals surface area contributed by atoms with E-state index in [1.165, 1.54) is 44.2 Å². The van der Waals surface area contributed by atoms with Gasteiger partial charge in [0.15, 0.2) is 11.5 Å². The molecule has 2 N–H and O–H groups in total. The molecule has 0 saturated heterocycles. The van der Waals surface area contributed by atoms with Gasteiger partial charge in [-0.1, -0.05) is 23.4 Å². The van der Waals surface area contributed by atoms with Crippen LogP contribution in [-0.2, 0) is 19.5 Å². The molecule has 15 heteroatoms. The second-order valence-corrected chi connectivity index (χ2v) is 10.5. The SMILES string of the molecule is COC1=NC(c2nnc(NS(=O)(=O)C[C@H](OC)c3ncc(Cl)s3)n2-c2c(O)cccc2OC)=C=C=C1. The Bertz CT molecular complexity index is 1530. The Kier molecular flexibility index (Phi) is 7.45. The van der Waals surface area contributed by atoms with Crippen molar-refractivity contribution in [2.24, 2.45) is 4.99 Å². The molecule has 1 atom stereocenters. The summed E-state index contributed by atoms with van der Waals surface area (Å²) in [4.78, 5) is 8.37. The van der Waals surface area contributed by atoms with Crippen LogP contribution in [0.5, 0.6) is 11.5 Å². The first-order valence-electron chi connectivity index (χ1n) is 10.1. The van der Waals surface area contributed by atoms with E-state index in [0.29, 0.717) is 9.34 Å². The molecule has 1 aromatic carbocycles. The van der Waals surface area contributed by atoms with Gasteiger partial charge in [-0.15, -0.1) is 21.5 Å². The molecule has 1 aliphatic rings. The molecule has 0 unspecified atom stereocenters. The Hall–Kier alpha value is -3.64. The zero-order valence-electron chi connectivity index (χ0n) is 19.1. The number of phenolic OH excluding ortho intramolecular Hbond substituents is 1. The summed E-state index contributed by atoms with van der Waals surface area (Å²) in [5.74, 6) is -0.488. The molecule has 2 aromatic heterocycles. The number of hydrogen-bond acceptors (Lipinski definition) is 11. The molecule has 3 aromatic rings. The van der Waals surface area contributed by atoms with E-state index in [-0.39, 0.29) is 40.6 Å². The molecule has 188 valence electrons. The lowest BCUT2D eigenvalue weighted by atomic mass is 10.2. The van der Waals surface area contributed by atoms with E-state index in [9.17, 15) is 13.5 Å². The highest BCUT2D eigenvalue weighted by Crippen LogP contribution is 2.36. The van der Waals surface area contributed by atoms with E-state index >= 15 is 0 Å². The van der Waals surface area contributed by atoms with Crippen molar-refractivity contribution in [3.63, 3.8) is 0 Å². The minimum absolute atomic E-state index is 0.0395. The smallest absolute Gasteiger partial charge is 0.243 e. The van der Waals surface area contributed by atoms with Gasteiger partial charge in [0, 0.05) is 7.11 Å². The van der Waals surface area contributed by atoms with Gasteiger partial charge in [0.25, 0.3) is 0 Å². The predicted octanol–water partition coefficient (Wildman–Crippen LogP) is 2.93. The summed E-state index contributed by atoms with van der Waals surface area (Å²) in [5.41, 5.74) is 5.75. The van der Waals surface area contributed by atoms with Gasteiger partial charge in [-0.05, 0) is 17.9 Å².